The average molecular weight is 384 g/mol. The van der Waals surface area contributed by atoms with Gasteiger partial charge in [-0.05, 0) is 68.7 Å². The van der Waals surface area contributed by atoms with Crippen molar-refractivity contribution in [2.45, 2.75) is 46.3 Å². The summed E-state index contributed by atoms with van der Waals surface area (Å²) in [4.78, 5) is 17.0. The van der Waals surface area contributed by atoms with Crippen molar-refractivity contribution in [1.29, 1.82) is 0 Å². The van der Waals surface area contributed by atoms with Gasteiger partial charge in [0.15, 0.2) is 6.61 Å². The van der Waals surface area contributed by atoms with Crippen molar-refractivity contribution in [2.24, 2.45) is 0 Å². The van der Waals surface area contributed by atoms with Crippen LogP contribution in [0.5, 0.6) is 5.75 Å². The summed E-state index contributed by atoms with van der Waals surface area (Å²) in [6.07, 6.45) is 0. The highest BCUT2D eigenvalue weighted by Gasteiger charge is 2.32. The molecule has 0 N–H and O–H groups in total. The third kappa shape index (κ3) is 4.90. The zero-order chi connectivity index (χ0) is 20.3. The van der Waals surface area contributed by atoms with Gasteiger partial charge in [-0.2, -0.15) is 0 Å². The van der Waals surface area contributed by atoms with Gasteiger partial charge in [0.25, 0.3) is 5.91 Å². The Kier molecular flexibility index (Phi) is 6.35. The number of rotatable bonds is 5. The van der Waals surface area contributed by atoms with Crippen LogP contribution in [0.1, 0.15) is 30.5 Å². The highest BCUT2D eigenvalue weighted by Crippen LogP contribution is 2.20. The van der Waals surface area contributed by atoms with E-state index in [1.807, 2.05) is 42.2 Å². The number of carbonyl (C=O) groups is 1. The van der Waals surface area contributed by atoms with Crippen LogP contribution in [-0.4, -0.2) is 47.5 Å². The molecule has 3 rings (SSSR count). The maximum absolute atomic E-state index is 13.1. The fourth-order valence-electron chi connectivity index (χ4n) is 3.62. The van der Waals surface area contributed by atoms with Gasteiger partial charge in [-0.3, -0.25) is 9.69 Å². The minimum absolute atomic E-state index is 0.0130. The van der Waals surface area contributed by atoms with Crippen molar-refractivity contribution < 1.29 is 13.9 Å². The fraction of sp³-hybridized carbons (Fsp3) is 0.435. The molecule has 1 aliphatic rings. The number of carbonyl (C=O) groups excluding carboxylic acids is 1. The van der Waals surface area contributed by atoms with E-state index in [0.29, 0.717) is 6.54 Å². The minimum atomic E-state index is -0.218. The Morgan fingerprint density at radius 2 is 1.75 bits per heavy atom. The summed E-state index contributed by atoms with van der Waals surface area (Å²) in [6, 6.07) is 12.8. The van der Waals surface area contributed by atoms with E-state index in [2.05, 4.69) is 25.7 Å². The third-order valence-electron chi connectivity index (χ3n) is 5.58. The zero-order valence-corrected chi connectivity index (χ0v) is 17.1. The SMILES string of the molecule is Cc1ccc(OCC(=O)N2CC(C)N(Cc3ccc(F)cc3)CC2C)cc1C. The lowest BCUT2D eigenvalue weighted by Gasteiger charge is -2.44. The standard InChI is InChI=1S/C23H29FN2O2/c1-16-5-10-22(11-17(16)2)28-15-23(27)26-13-18(3)25(12-19(26)4)14-20-6-8-21(24)9-7-20/h5-11,18-19H,12-15H2,1-4H3. The molecule has 2 aromatic carbocycles. The van der Waals surface area contributed by atoms with Gasteiger partial charge in [0.05, 0.1) is 0 Å². The van der Waals surface area contributed by atoms with Crippen LogP contribution in [0.25, 0.3) is 0 Å². The predicted octanol–water partition coefficient (Wildman–Crippen LogP) is 3.94. The maximum atomic E-state index is 13.1. The van der Waals surface area contributed by atoms with Gasteiger partial charge in [-0.25, -0.2) is 4.39 Å². The number of ether oxygens (including phenoxy) is 1. The molecule has 0 saturated carbocycles. The van der Waals surface area contributed by atoms with Gasteiger partial charge >= 0.3 is 0 Å². The summed E-state index contributed by atoms with van der Waals surface area (Å²) >= 11 is 0. The van der Waals surface area contributed by atoms with Crippen molar-refractivity contribution in [3.63, 3.8) is 0 Å². The first-order valence-corrected chi connectivity index (χ1v) is 9.81. The smallest absolute Gasteiger partial charge is 0.260 e. The lowest BCUT2D eigenvalue weighted by Crippen LogP contribution is -2.58. The number of piperazine rings is 1. The van der Waals surface area contributed by atoms with E-state index in [1.165, 1.54) is 17.7 Å². The van der Waals surface area contributed by atoms with Gasteiger partial charge < -0.3 is 9.64 Å². The van der Waals surface area contributed by atoms with Crippen LogP contribution in [0, 0.1) is 19.7 Å². The Morgan fingerprint density at radius 1 is 1.04 bits per heavy atom. The van der Waals surface area contributed by atoms with Crippen molar-refractivity contribution in [3.8, 4) is 5.75 Å². The molecule has 28 heavy (non-hydrogen) atoms. The van der Waals surface area contributed by atoms with Crippen molar-refractivity contribution in [3.05, 3.63) is 65.0 Å². The number of halogens is 1. The third-order valence-corrected chi connectivity index (χ3v) is 5.58. The van der Waals surface area contributed by atoms with E-state index in [-0.39, 0.29) is 30.4 Å². The first-order chi connectivity index (χ1) is 13.3. The lowest BCUT2D eigenvalue weighted by molar-refractivity contribution is -0.139. The Morgan fingerprint density at radius 3 is 2.43 bits per heavy atom. The summed E-state index contributed by atoms with van der Waals surface area (Å²) in [5.41, 5.74) is 3.44. The quantitative estimate of drug-likeness (QED) is 0.783. The molecule has 1 heterocycles. The van der Waals surface area contributed by atoms with Crippen LogP contribution in [0.15, 0.2) is 42.5 Å². The molecule has 2 unspecified atom stereocenters. The summed E-state index contributed by atoms with van der Waals surface area (Å²) in [5, 5.41) is 0. The second kappa shape index (κ2) is 8.74. The number of hydrogen-bond acceptors (Lipinski definition) is 3. The summed E-state index contributed by atoms with van der Waals surface area (Å²) in [6.45, 7) is 10.5. The normalized spacial score (nSPS) is 20.2. The second-order valence-electron chi connectivity index (χ2n) is 7.83. The summed E-state index contributed by atoms with van der Waals surface area (Å²) in [7, 11) is 0. The molecule has 2 aromatic rings. The molecular formula is C23H29FN2O2. The van der Waals surface area contributed by atoms with E-state index >= 15 is 0 Å². The summed E-state index contributed by atoms with van der Waals surface area (Å²) in [5.74, 6) is 0.524. The highest BCUT2D eigenvalue weighted by molar-refractivity contribution is 5.78. The van der Waals surface area contributed by atoms with Crippen LogP contribution in [0.3, 0.4) is 0 Å². The van der Waals surface area contributed by atoms with Gasteiger partial charge in [0, 0.05) is 31.7 Å². The number of amides is 1. The molecule has 1 aliphatic heterocycles. The van der Waals surface area contributed by atoms with E-state index in [1.54, 1.807) is 0 Å². The zero-order valence-electron chi connectivity index (χ0n) is 17.1. The van der Waals surface area contributed by atoms with E-state index in [4.69, 9.17) is 4.74 Å². The number of hydrogen-bond donors (Lipinski definition) is 0. The molecule has 0 aromatic heterocycles. The molecular weight excluding hydrogens is 355 g/mol. The fourth-order valence-corrected chi connectivity index (χ4v) is 3.62. The first-order valence-electron chi connectivity index (χ1n) is 9.81. The molecule has 2 atom stereocenters. The number of aryl methyl sites for hydroxylation is 2. The molecule has 4 nitrogen and oxygen atoms in total. The Balaban J connectivity index is 1.56. The van der Waals surface area contributed by atoms with Gasteiger partial charge in [0.1, 0.15) is 11.6 Å². The maximum Gasteiger partial charge on any atom is 0.260 e. The largest absolute Gasteiger partial charge is 0.484 e. The van der Waals surface area contributed by atoms with Crippen molar-refractivity contribution in [1.82, 2.24) is 9.80 Å². The average Bonchev–Trinajstić information content (AvgIpc) is 2.67. The summed E-state index contributed by atoms with van der Waals surface area (Å²) < 4.78 is 18.8. The predicted molar refractivity (Wildman–Crippen MR) is 109 cm³/mol. The van der Waals surface area contributed by atoms with Gasteiger partial charge in [0.2, 0.25) is 0 Å². The lowest BCUT2D eigenvalue weighted by atomic mass is 10.1. The molecule has 150 valence electrons. The molecule has 0 aliphatic carbocycles. The molecule has 1 fully saturated rings. The Bertz CT molecular complexity index is 822. The van der Waals surface area contributed by atoms with Crippen molar-refractivity contribution in [2.75, 3.05) is 19.7 Å². The molecule has 1 amide bonds. The van der Waals surface area contributed by atoms with Crippen LogP contribution in [0.4, 0.5) is 4.39 Å². The topological polar surface area (TPSA) is 32.8 Å². The van der Waals surface area contributed by atoms with Crippen LogP contribution in [0.2, 0.25) is 0 Å². The molecule has 5 heteroatoms. The van der Waals surface area contributed by atoms with Crippen LogP contribution >= 0.6 is 0 Å². The van der Waals surface area contributed by atoms with Gasteiger partial charge in [-0.1, -0.05) is 18.2 Å². The highest BCUT2D eigenvalue weighted by atomic mass is 19.1. The van der Waals surface area contributed by atoms with Gasteiger partial charge in [-0.15, -0.1) is 0 Å². The Labute approximate surface area is 166 Å². The van der Waals surface area contributed by atoms with Crippen LogP contribution in [-0.2, 0) is 11.3 Å². The Hall–Kier alpha value is -2.40. The van der Waals surface area contributed by atoms with E-state index in [9.17, 15) is 9.18 Å². The molecule has 0 bridgehead atoms. The van der Waals surface area contributed by atoms with Crippen molar-refractivity contribution >= 4 is 5.91 Å². The molecule has 0 spiro atoms. The molecule has 0 radical (unpaired) electrons. The van der Waals surface area contributed by atoms with E-state index < -0.39 is 0 Å². The number of benzene rings is 2. The monoisotopic (exact) mass is 384 g/mol. The number of nitrogens with zero attached hydrogens (tertiary/aromatic N) is 2. The second-order valence-corrected chi connectivity index (χ2v) is 7.83. The first kappa shape index (κ1) is 20.3. The van der Waals surface area contributed by atoms with Crippen LogP contribution < -0.4 is 4.74 Å². The van der Waals surface area contributed by atoms with E-state index in [0.717, 1.165) is 30.0 Å². The molecule has 1 saturated heterocycles. The minimum Gasteiger partial charge on any atom is -0.484 e.